The van der Waals surface area contributed by atoms with Crippen LogP contribution in [0.15, 0.2) is 51.4 Å². The van der Waals surface area contributed by atoms with Crippen LogP contribution in [0.1, 0.15) is 18.9 Å². The molecule has 1 unspecified atom stereocenters. The number of amides is 1. The van der Waals surface area contributed by atoms with E-state index < -0.39 is 6.10 Å². The largest absolute Gasteiger partial charge is 0.481 e. The maximum atomic E-state index is 12.4. The van der Waals surface area contributed by atoms with Gasteiger partial charge in [0.1, 0.15) is 5.75 Å². The molecule has 0 heterocycles. The van der Waals surface area contributed by atoms with Crippen LogP contribution >= 0.6 is 31.9 Å². The maximum Gasteiger partial charge on any atom is 0.265 e. The average molecular weight is 427 g/mol. The quantitative estimate of drug-likeness (QED) is 0.702. The summed E-state index contributed by atoms with van der Waals surface area (Å²) in [5.41, 5.74) is 1.87. The van der Waals surface area contributed by atoms with Crippen LogP contribution in [0.3, 0.4) is 0 Å². The summed E-state index contributed by atoms with van der Waals surface area (Å²) in [5.74, 6) is 0.517. The van der Waals surface area contributed by atoms with Gasteiger partial charge in [-0.25, -0.2) is 0 Å². The van der Waals surface area contributed by atoms with Gasteiger partial charge in [-0.15, -0.1) is 0 Å². The first-order valence-corrected chi connectivity index (χ1v) is 8.57. The minimum Gasteiger partial charge on any atom is -0.481 e. The van der Waals surface area contributed by atoms with E-state index >= 15 is 0 Å². The molecule has 22 heavy (non-hydrogen) atoms. The van der Waals surface area contributed by atoms with Crippen molar-refractivity contribution in [3.05, 3.63) is 57.0 Å². The van der Waals surface area contributed by atoms with E-state index in [-0.39, 0.29) is 5.91 Å². The third kappa shape index (κ3) is 4.58. The molecule has 0 aliphatic carbocycles. The minimum absolute atomic E-state index is 0.157. The summed E-state index contributed by atoms with van der Waals surface area (Å²) in [4.78, 5) is 12.4. The highest BCUT2D eigenvalue weighted by Gasteiger charge is 2.19. The Hall–Kier alpha value is -1.33. The Morgan fingerprint density at radius 2 is 1.86 bits per heavy atom. The lowest BCUT2D eigenvalue weighted by atomic mass is 10.2. The van der Waals surface area contributed by atoms with E-state index in [0.717, 1.165) is 20.2 Å². The summed E-state index contributed by atoms with van der Waals surface area (Å²) < 4.78 is 7.60. The molecule has 116 valence electrons. The number of anilines is 1. The molecule has 0 spiro atoms. The van der Waals surface area contributed by atoms with E-state index in [9.17, 15) is 4.79 Å². The van der Waals surface area contributed by atoms with Crippen LogP contribution in [0.5, 0.6) is 5.75 Å². The van der Waals surface area contributed by atoms with Gasteiger partial charge in [-0.3, -0.25) is 4.79 Å². The van der Waals surface area contributed by atoms with Crippen LogP contribution in [-0.4, -0.2) is 12.0 Å². The van der Waals surface area contributed by atoms with Gasteiger partial charge in [0.2, 0.25) is 0 Å². The van der Waals surface area contributed by atoms with Gasteiger partial charge in [0.15, 0.2) is 6.10 Å². The van der Waals surface area contributed by atoms with Crippen molar-refractivity contribution in [2.24, 2.45) is 0 Å². The summed E-state index contributed by atoms with van der Waals surface area (Å²) in [6.07, 6.45) is 0.0557. The third-order valence-electron chi connectivity index (χ3n) is 3.14. The molecule has 3 nitrogen and oxygen atoms in total. The normalized spacial score (nSPS) is 11.8. The van der Waals surface area contributed by atoms with Crippen molar-refractivity contribution in [3.8, 4) is 5.75 Å². The molecule has 0 aliphatic heterocycles. The fourth-order valence-electron chi connectivity index (χ4n) is 1.93. The summed E-state index contributed by atoms with van der Waals surface area (Å²) in [6.45, 7) is 3.93. The van der Waals surface area contributed by atoms with E-state index in [2.05, 4.69) is 37.2 Å². The zero-order valence-corrected chi connectivity index (χ0v) is 15.6. The lowest BCUT2D eigenvalue weighted by Crippen LogP contribution is -2.32. The summed E-state index contributed by atoms with van der Waals surface area (Å²) in [6, 6.07) is 13.2. The number of ether oxygens (including phenoxy) is 1. The first-order valence-electron chi connectivity index (χ1n) is 6.99. The van der Waals surface area contributed by atoms with Gasteiger partial charge >= 0.3 is 0 Å². The van der Waals surface area contributed by atoms with Crippen molar-refractivity contribution in [2.45, 2.75) is 26.4 Å². The Bertz CT molecular complexity index is 656. The topological polar surface area (TPSA) is 38.3 Å². The molecule has 1 atom stereocenters. The molecule has 0 aliphatic rings. The summed E-state index contributed by atoms with van der Waals surface area (Å²) >= 11 is 6.84. The zero-order valence-electron chi connectivity index (χ0n) is 12.4. The highest BCUT2D eigenvalue weighted by Crippen LogP contribution is 2.24. The number of aryl methyl sites for hydroxylation is 1. The fourth-order valence-corrected chi connectivity index (χ4v) is 2.79. The Morgan fingerprint density at radius 1 is 1.18 bits per heavy atom. The van der Waals surface area contributed by atoms with Gasteiger partial charge in [0.05, 0.1) is 5.69 Å². The number of carbonyl (C=O) groups is 1. The van der Waals surface area contributed by atoms with Crippen LogP contribution in [-0.2, 0) is 4.79 Å². The molecule has 0 saturated heterocycles. The average Bonchev–Trinajstić information content (AvgIpc) is 2.49. The molecule has 0 radical (unpaired) electrons. The van der Waals surface area contributed by atoms with Crippen molar-refractivity contribution in [3.63, 3.8) is 0 Å². The lowest BCUT2D eigenvalue weighted by molar-refractivity contribution is -0.122. The maximum absolute atomic E-state index is 12.4. The number of hydrogen-bond donors (Lipinski definition) is 1. The predicted molar refractivity (Wildman–Crippen MR) is 96.4 cm³/mol. The molecule has 1 amide bonds. The monoisotopic (exact) mass is 425 g/mol. The number of carbonyl (C=O) groups excluding carboxylic acids is 1. The van der Waals surface area contributed by atoms with Gasteiger partial charge in [-0.1, -0.05) is 28.9 Å². The molecule has 2 aromatic carbocycles. The molecular weight excluding hydrogens is 410 g/mol. The number of nitrogens with one attached hydrogen (secondary N) is 1. The predicted octanol–water partition coefficient (Wildman–Crippen LogP) is 5.32. The molecular formula is C17H17Br2NO2. The van der Waals surface area contributed by atoms with E-state index in [1.54, 1.807) is 0 Å². The van der Waals surface area contributed by atoms with E-state index in [1.165, 1.54) is 0 Å². The second-order valence-electron chi connectivity index (χ2n) is 4.94. The third-order valence-corrected chi connectivity index (χ3v) is 4.32. The number of benzene rings is 2. The van der Waals surface area contributed by atoms with E-state index in [0.29, 0.717) is 12.2 Å². The molecule has 5 heteroatoms. The van der Waals surface area contributed by atoms with Crippen molar-refractivity contribution in [1.82, 2.24) is 0 Å². The molecule has 0 saturated carbocycles. The molecule has 0 aromatic heterocycles. The van der Waals surface area contributed by atoms with Crippen LogP contribution in [0, 0.1) is 6.92 Å². The Kier molecular flexibility index (Phi) is 6.03. The molecule has 2 aromatic rings. The SMILES string of the molecule is CCC(Oc1ccc(Br)cc1)C(=O)Nc1ccc(C)cc1Br. The summed E-state index contributed by atoms with van der Waals surface area (Å²) in [7, 11) is 0. The first kappa shape index (κ1) is 17.0. The van der Waals surface area contributed by atoms with Gasteiger partial charge in [0, 0.05) is 8.95 Å². The molecule has 2 rings (SSSR count). The Labute approximate surface area is 147 Å². The molecule has 0 fully saturated rings. The van der Waals surface area contributed by atoms with E-state index in [1.807, 2.05) is 56.3 Å². The van der Waals surface area contributed by atoms with Crippen molar-refractivity contribution in [1.29, 1.82) is 0 Å². The highest BCUT2D eigenvalue weighted by molar-refractivity contribution is 9.10. The standard InChI is InChI=1S/C17H17Br2NO2/c1-3-16(22-13-7-5-12(18)6-8-13)17(21)20-15-9-4-11(2)10-14(15)19/h4-10,16H,3H2,1-2H3,(H,20,21). The number of halogens is 2. The molecule has 1 N–H and O–H groups in total. The van der Waals surface area contributed by atoms with Gasteiger partial charge < -0.3 is 10.1 Å². The van der Waals surface area contributed by atoms with Crippen molar-refractivity contribution < 1.29 is 9.53 Å². The second-order valence-corrected chi connectivity index (χ2v) is 6.71. The van der Waals surface area contributed by atoms with Crippen molar-refractivity contribution >= 4 is 43.5 Å². The number of rotatable bonds is 5. The fraction of sp³-hybridized carbons (Fsp3) is 0.235. The second kappa shape index (κ2) is 7.79. The Morgan fingerprint density at radius 3 is 2.45 bits per heavy atom. The van der Waals surface area contributed by atoms with Gasteiger partial charge in [0.25, 0.3) is 5.91 Å². The van der Waals surface area contributed by atoms with Crippen LogP contribution < -0.4 is 10.1 Å². The van der Waals surface area contributed by atoms with Gasteiger partial charge in [-0.2, -0.15) is 0 Å². The van der Waals surface area contributed by atoms with Crippen LogP contribution in [0.2, 0.25) is 0 Å². The van der Waals surface area contributed by atoms with E-state index in [4.69, 9.17) is 4.74 Å². The Balaban J connectivity index is 2.06. The zero-order chi connectivity index (χ0) is 16.1. The lowest BCUT2D eigenvalue weighted by Gasteiger charge is -2.18. The smallest absolute Gasteiger partial charge is 0.265 e. The highest BCUT2D eigenvalue weighted by atomic mass is 79.9. The molecule has 0 bridgehead atoms. The number of hydrogen-bond acceptors (Lipinski definition) is 2. The van der Waals surface area contributed by atoms with Crippen LogP contribution in [0.4, 0.5) is 5.69 Å². The summed E-state index contributed by atoms with van der Waals surface area (Å²) in [5, 5.41) is 2.90. The van der Waals surface area contributed by atoms with Crippen LogP contribution in [0.25, 0.3) is 0 Å². The van der Waals surface area contributed by atoms with Crippen molar-refractivity contribution in [2.75, 3.05) is 5.32 Å². The minimum atomic E-state index is -0.533. The first-order chi connectivity index (χ1) is 10.5. The van der Waals surface area contributed by atoms with Gasteiger partial charge in [-0.05, 0) is 71.2 Å².